The number of hydrogen-bond acceptors (Lipinski definition) is 3. The molecular weight excluding hydrogens is 290 g/mol. The van der Waals surface area contributed by atoms with E-state index in [1.165, 1.54) is 0 Å². The van der Waals surface area contributed by atoms with Crippen LogP contribution in [0.15, 0.2) is 48.8 Å². The number of nitrogens with one attached hydrogen (secondary N) is 1. The molecule has 1 unspecified atom stereocenters. The van der Waals surface area contributed by atoms with Crippen LogP contribution in [-0.4, -0.2) is 22.4 Å². The van der Waals surface area contributed by atoms with Crippen molar-refractivity contribution in [2.75, 3.05) is 7.11 Å². The number of benzene rings is 1. The van der Waals surface area contributed by atoms with Gasteiger partial charge in [0.1, 0.15) is 17.1 Å². The van der Waals surface area contributed by atoms with E-state index in [0.717, 1.165) is 22.5 Å². The van der Waals surface area contributed by atoms with E-state index >= 15 is 0 Å². The Morgan fingerprint density at radius 1 is 1.17 bits per heavy atom. The van der Waals surface area contributed by atoms with E-state index in [9.17, 15) is 4.79 Å². The molecule has 0 aliphatic carbocycles. The van der Waals surface area contributed by atoms with Gasteiger partial charge in [-0.25, -0.2) is 4.98 Å². The molecule has 3 rings (SSSR count). The van der Waals surface area contributed by atoms with Gasteiger partial charge in [-0.15, -0.1) is 0 Å². The molecule has 118 valence electrons. The lowest BCUT2D eigenvalue weighted by molar-refractivity contribution is 0.0935. The molecule has 0 saturated carbocycles. The smallest absolute Gasteiger partial charge is 0.271 e. The van der Waals surface area contributed by atoms with E-state index in [2.05, 4.69) is 10.3 Å². The molecule has 5 heteroatoms. The molecule has 5 nitrogen and oxygen atoms in total. The Hall–Kier alpha value is -2.82. The fourth-order valence-electron chi connectivity index (χ4n) is 2.46. The summed E-state index contributed by atoms with van der Waals surface area (Å²) in [5.74, 6) is 0.609. The van der Waals surface area contributed by atoms with Crippen molar-refractivity contribution in [1.82, 2.24) is 14.7 Å². The van der Waals surface area contributed by atoms with Crippen LogP contribution >= 0.6 is 0 Å². The maximum Gasteiger partial charge on any atom is 0.271 e. The Morgan fingerprint density at radius 3 is 2.61 bits per heavy atom. The highest BCUT2D eigenvalue weighted by Gasteiger charge is 2.14. The number of hydrogen-bond donors (Lipinski definition) is 1. The summed E-state index contributed by atoms with van der Waals surface area (Å²) in [6.07, 6.45) is 3.70. The number of fused-ring (bicyclic) bond motifs is 1. The van der Waals surface area contributed by atoms with Crippen LogP contribution in [0.1, 0.15) is 34.6 Å². The maximum absolute atomic E-state index is 12.4. The van der Waals surface area contributed by atoms with Crippen molar-refractivity contribution < 1.29 is 9.53 Å². The summed E-state index contributed by atoms with van der Waals surface area (Å²) in [5, 5.41) is 2.97. The topological polar surface area (TPSA) is 55.6 Å². The molecule has 2 aromatic heterocycles. The van der Waals surface area contributed by atoms with Crippen LogP contribution in [-0.2, 0) is 0 Å². The Kier molecular flexibility index (Phi) is 4.02. The molecule has 0 aliphatic heterocycles. The number of imidazole rings is 1. The van der Waals surface area contributed by atoms with E-state index in [0.29, 0.717) is 5.69 Å². The first-order chi connectivity index (χ1) is 11.1. The number of carbonyl (C=O) groups is 1. The number of ether oxygens (including phenoxy) is 1. The van der Waals surface area contributed by atoms with Gasteiger partial charge in [-0.2, -0.15) is 0 Å². The number of pyridine rings is 1. The number of aryl methyl sites for hydroxylation is 1. The van der Waals surface area contributed by atoms with Gasteiger partial charge in [0.15, 0.2) is 0 Å². The summed E-state index contributed by atoms with van der Waals surface area (Å²) < 4.78 is 7.01. The maximum atomic E-state index is 12.4. The minimum atomic E-state index is -0.185. The van der Waals surface area contributed by atoms with Gasteiger partial charge in [-0.3, -0.25) is 4.79 Å². The highest BCUT2D eigenvalue weighted by Crippen LogP contribution is 2.18. The Labute approximate surface area is 134 Å². The highest BCUT2D eigenvalue weighted by atomic mass is 16.5. The second-order valence-corrected chi connectivity index (χ2v) is 5.57. The van der Waals surface area contributed by atoms with E-state index < -0.39 is 0 Å². The summed E-state index contributed by atoms with van der Waals surface area (Å²) >= 11 is 0. The van der Waals surface area contributed by atoms with Gasteiger partial charge in [-0.05, 0) is 43.2 Å². The van der Waals surface area contributed by atoms with Crippen molar-refractivity contribution in [2.45, 2.75) is 19.9 Å². The Morgan fingerprint density at radius 2 is 1.91 bits per heavy atom. The molecule has 1 atom stereocenters. The van der Waals surface area contributed by atoms with Crippen LogP contribution < -0.4 is 10.1 Å². The SMILES string of the molecule is COc1ccc(C(C)NC(=O)c2cn3cc(C)ccc3n2)cc1. The van der Waals surface area contributed by atoms with E-state index in [1.807, 2.05) is 60.8 Å². The molecule has 0 saturated heterocycles. The lowest BCUT2D eigenvalue weighted by Gasteiger charge is -2.13. The van der Waals surface area contributed by atoms with Crippen LogP contribution in [0.3, 0.4) is 0 Å². The zero-order chi connectivity index (χ0) is 16.4. The molecule has 23 heavy (non-hydrogen) atoms. The van der Waals surface area contributed by atoms with Gasteiger partial charge < -0.3 is 14.5 Å². The van der Waals surface area contributed by atoms with Crippen molar-refractivity contribution >= 4 is 11.6 Å². The molecule has 3 aromatic rings. The lowest BCUT2D eigenvalue weighted by atomic mass is 10.1. The van der Waals surface area contributed by atoms with Gasteiger partial charge in [0, 0.05) is 12.4 Å². The first-order valence-corrected chi connectivity index (χ1v) is 7.47. The third-order valence-electron chi connectivity index (χ3n) is 3.79. The molecule has 1 aromatic carbocycles. The average Bonchev–Trinajstić information content (AvgIpc) is 2.98. The largest absolute Gasteiger partial charge is 0.497 e. The van der Waals surface area contributed by atoms with Gasteiger partial charge in [-0.1, -0.05) is 18.2 Å². The predicted octanol–water partition coefficient (Wildman–Crippen LogP) is 3.14. The minimum Gasteiger partial charge on any atom is -0.497 e. The number of aromatic nitrogens is 2. The lowest BCUT2D eigenvalue weighted by Crippen LogP contribution is -2.26. The fourth-order valence-corrected chi connectivity index (χ4v) is 2.46. The van der Waals surface area contributed by atoms with E-state index in [4.69, 9.17) is 4.74 Å². The minimum absolute atomic E-state index is 0.111. The highest BCUT2D eigenvalue weighted by molar-refractivity contribution is 5.93. The van der Waals surface area contributed by atoms with E-state index in [1.54, 1.807) is 13.3 Å². The summed E-state index contributed by atoms with van der Waals surface area (Å²) in [5.41, 5.74) is 3.31. The second kappa shape index (κ2) is 6.12. The molecule has 0 aliphatic rings. The van der Waals surface area contributed by atoms with E-state index in [-0.39, 0.29) is 11.9 Å². The molecule has 0 bridgehead atoms. The number of nitrogens with zero attached hydrogens (tertiary/aromatic N) is 2. The number of methoxy groups -OCH3 is 1. The van der Waals surface area contributed by atoms with Crippen molar-refractivity contribution in [2.24, 2.45) is 0 Å². The number of amides is 1. The first kappa shape index (κ1) is 15.1. The third-order valence-corrected chi connectivity index (χ3v) is 3.79. The van der Waals surface area contributed by atoms with Gasteiger partial charge in [0.05, 0.1) is 13.2 Å². The monoisotopic (exact) mass is 309 g/mol. The van der Waals surface area contributed by atoms with Crippen LogP contribution in [0.4, 0.5) is 0 Å². The zero-order valence-corrected chi connectivity index (χ0v) is 13.4. The standard InChI is InChI=1S/C18H19N3O2/c1-12-4-9-17-20-16(11-21(17)10-12)18(22)19-13(2)14-5-7-15(23-3)8-6-14/h4-11,13H,1-3H3,(H,19,22). The van der Waals surface area contributed by atoms with Crippen LogP contribution in [0.25, 0.3) is 5.65 Å². The van der Waals surface area contributed by atoms with Crippen LogP contribution in [0, 0.1) is 6.92 Å². The van der Waals surface area contributed by atoms with Crippen molar-refractivity contribution in [3.63, 3.8) is 0 Å². The Balaban J connectivity index is 1.76. The molecule has 2 heterocycles. The van der Waals surface area contributed by atoms with Gasteiger partial charge >= 0.3 is 0 Å². The molecular formula is C18H19N3O2. The molecule has 1 amide bonds. The normalized spacial score (nSPS) is 12.1. The summed E-state index contributed by atoms with van der Waals surface area (Å²) in [6.45, 7) is 3.95. The number of carbonyl (C=O) groups excluding carboxylic acids is 1. The van der Waals surface area contributed by atoms with Crippen molar-refractivity contribution in [3.8, 4) is 5.75 Å². The third kappa shape index (κ3) is 3.18. The van der Waals surface area contributed by atoms with Gasteiger partial charge in [0.25, 0.3) is 5.91 Å². The molecule has 0 fully saturated rings. The van der Waals surface area contributed by atoms with Crippen molar-refractivity contribution in [3.05, 3.63) is 65.6 Å². The van der Waals surface area contributed by atoms with Crippen molar-refractivity contribution in [1.29, 1.82) is 0 Å². The van der Waals surface area contributed by atoms with Crippen LogP contribution in [0.5, 0.6) is 5.75 Å². The Bertz CT molecular complexity index is 837. The summed E-state index contributed by atoms with van der Waals surface area (Å²) in [7, 11) is 1.63. The quantitative estimate of drug-likeness (QED) is 0.805. The molecule has 0 radical (unpaired) electrons. The summed E-state index contributed by atoms with van der Waals surface area (Å²) in [6, 6.07) is 11.4. The summed E-state index contributed by atoms with van der Waals surface area (Å²) in [4.78, 5) is 16.8. The van der Waals surface area contributed by atoms with Crippen LogP contribution in [0.2, 0.25) is 0 Å². The van der Waals surface area contributed by atoms with Gasteiger partial charge in [0.2, 0.25) is 0 Å². The molecule has 0 spiro atoms. The average molecular weight is 309 g/mol. The number of rotatable bonds is 4. The first-order valence-electron chi connectivity index (χ1n) is 7.47. The fraction of sp³-hybridized carbons (Fsp3) is 0.222. The molecule has 1 N–H and O–H groups in total. The predicted molar refractivity (Wildman–Crippen MR) is 88.8 cm³/mol. The second-order valence-electron chi connectivity index (χ2n) is 5.57. The zero-order valence-electron chi connectivity index (χ0n) is 13.4.